The first kappa shape index (κ1) is 35.0. The van der Waals surface area contributed by atoms with Crippen molar-refractivity contribution in [3.63, 3.8) is 0 Å². The number of nitrogens with one attached hydrogen (secondary N) is 2. The number of thioether (sulfide) groups is 1. The summed E-state index contributed by atoms with van der Waals surface area (Å²) in [5, 5.41) is 2.72. The van der Waals surface area contributed by atoms with Crippen molar-refractivity contribution in [1.82, 2.24) is 10.6 Å². The first-order valence-corrected chi connectivity index (χ1v) is 16.6. The third kappa shape index (κ3) is 5.03. The molecule has 10 nitrogen and oxygen atoms in total. The van der Waals surface area contributed by atoms with Crippen LogP contribution < -0.4 is 10.6 Å². The number of ether oxygens (including phenoxy) is 2. The summed E-state index contributed by atoms with van der Waals surface area (Å²) >= 11 is 34.0. The number of carbonyl (C=O) groups excluding carboxylic acids is 6. The van der Waals surface area contributed by atoms with Crippen molar-refractivity contribution in [2.45, 2.75) is 76.2 Å². The number of halogens is 7. The Morgan fingerprint density at radius 1 is 0.978 bits per heavy atom. The molecule has 1 saturated heterocycles. The van der Waals surface area contributed by atoms with E-state index in [9.17, 15) is 28.8 Å². The minimum absolute atomic E-state index is 0.118. The van der Waals surface area contributed by atoms with Crippen LogP contribution >= 0.6 is 81.4 Å². The lowest BCUT2D eigenvalue weighted by molar-refractivity contribution is -0.214. The van der Waals surface area contributed by atoms with Gasteiger partial charge in [0.25, 0.3) is 24.6 Å². The van der Waals surface area contributed by atoms with E-state index in [1.165, 1.54) is 18.2 Å². The number of hydrogen-bond donors (Lipinski definition) is 2. The molecule has 18 heteroatoms. The number of allylic oxidation sites excluding steroid dienone is 4. The summed E-state index contributed by atoms with van der Waals surface area (Å²) in [5.41, 5.74) is -5.98. The zero-order chi connectivity index (χ0) is 33.8. The van der Waals surface area contributed by atoms with Crippen molar-refractivity contribution in [3.05, 3.63) is 23.8 Å². The quantitative estimate of drug-likeness (QED) is 0.256. The van der Waals surface area contributed by atoms with Gasteiger partial charge >= 0.3 is 12.1 Å². The van der Waals surface area contributed by atoms with Gasteiger partial charge < -0.3 is 9.47 Å². The minimum Gasteiger partial charge on any atom is -0.456 e. The highest BCUT2D eigenvalue weighted by Gasteiger charge is 2.86. The van der Waals surface area contributed by atoms with Crippen LogP contribution in [0.5, 0.6) is 0 Å². The van der Waals surface area contributed by atoms with E-state index in [4.69, 9.17) is 79.1 Å². The number of imide groups is 2. The predicted octanol–water partition coefficient (Wildman–Crippen LogP) is 5.99. The lowest BCUT2D eigenvalue weighted by Gasteiger charge is -2.64. The van der Waals surface area contributed by atoms with Gasteiger partial charge in [-0.25, -0.2) is 9.18 Å². The summed E-state index contributed by atoms with van der Waals surface area (Å²) in [6.45, 7) is 4.85. The zero-order valence-corrected chi connectivity index (χ0v) is 29.0. The molecule has 3 saturated carbocycles. The fourth-order valence-corrected chi connectivity index (χ4v) is 9.95. The molecule has 4 fully saturated rings. The molecule has 2 N–H and O–H groups in total. The van der Waals surface area contributed by atoms with E-state index < -0.39 is 81.5 Å². The molecule has 4 amide bonds. The number of rotatable bonds is 2. The Balaban J connectivity index is 1.60. The number of carbonyl (C=O) groups is 6. The Morgan fingerprint density at radius 3 is 2.16 bits per heavy atom. The summed E-state index contributed by atoms with van der Waals surface area (Å²) in [6.07, 6.45) is 1.19. The lowest BCUT2D eigenvalue weighted by Crippen LogP contribution is -2.75. The first-order valence-electron chi connectivity index (χ1n) is 13.5. The third-order valence-corrected chi connectivity index (χ3v) is 12.9. The summed E-state index contributed by atoms with van der Waals surface area (Å²) < 4.78 is 22.8. The van der Waals surface area contributed by atoms with Crippen LogP contribution in [0.1, 0.15) is 46.5 Å². The summed E-state index contributed by atoms with van der Waals surface area (Å²) in [6, 6.07) is 0. The van der Waals surface area contributed by atoms with Gasteiger partial charge in [0.05, 0.1) is 0 Å². The van der Waals surface area contributed by atoms with Crippen molar-refractivity contribution >= 4 is 116 Å². The molecule has 1 aliphatic heterocycles. The molecule has 5 rings (SSSR count). The molecular weight excluding hydrogens is 744 g/mol. The van der Waals surface area contributed by atoms with Gasteiger partial charge in [-0.05, 0) is 69.4 Å². The number of amides is 4. The zero-order valence-electron chi connectivity index (χ0n) is 23.6. The van der Waals surface area contributed by atoms with Crippen LogP contribution in [0.3, 0.4) is 0 Å². The number of esters is 1. The standard InChI is InChI=1S/C27H25Cl6FN2O8S/c1-21-7-6-12(37)8-11(21)4-5-13-14-9-23(3)25(18(40)44-23,45-20(42)36-17(39)27(31,32)33)22(14,2)10-15(24(13,21)34)43-19(41)35-16(38)26(28,29)30/h6-8,13-15H,4-5,9-10H2,1-3H3,(H,35,38,41)(H,36,39,42)/t13-,14-,15-,21-,22-,23+,24-,25+/m0/s1. The van der Waals surface area contributed by atoms with Crippen molar-refractivity contribution in [2.24, 2.45) is 22.7 Å². The van der Waals surface area contributed by atoms with Gasteiger partial charge in [0.1, 0.15) is 11.7 Å². The summed E-state index contributed by atoms with van der Waals surface area (Å²) in [4.78, 5) is 76.6. The molecular formula is C27H25Cl6FN2O8S. The number of fused-ring (bicyclic) bond motifs is 7. The molecule has 1 heterocycles. The average Bonchev–Trinajstić information content (AvgIpc) is 3.04. The number of hydrogen-bond acceptors (Lipinski definition) is 9. The Morgan fingerprint density at radius 2 is 1.58 bits per heavy atom. The van der Waals surface area contributed by atoms with E-state index in [-0.39, 0.29) is 25.0 Å². The van der Waals surface area contributed by atoms with Crippen LogP contribution in [0, 0.1) is 22.7 Å². The smallest absolute Gasteiger partial charge is 0.414 e. The van der Waals surface area contributed by atoms with Gasteiger partial charge in [0, 0.05) is 16.7 Å². The number of alkyl carbamates (subject to hydrolysis) is 1. The average molecular weight is 769 g/mol. The molecule has 0 bridgehead atoms. The largest absolute Gasteiger partial charge is 0.456 e. The van der Waals surface area contributed by atoms with Crippen LogP contribution in [0.4, 0.5) is 14.0 Å². The molecule has 4 aliphatic carbocycles. The fraction of sp³-hybridized carbons (Fsp3) is 0.630. The minimum atomic E-state index is -2.54. The number of ketones is 1. The fourth-order valence-electron chi connectivity index (χ4n) is 8.31. The molecule has 246 valence electrons. The summed E-state index contributed by atoms with van der Waals surface area (Å²) in [7, 11) is 0. The van der Waals surface area contributed by atoms with Gasteiger partial charge in [-0.3, -0.25) is 34.6 Å². The Labute approximate surface area is 290 Å². The van der Waals surface area contributed by atoms with E-state index in [1.807, 2.05) is 5.32 Å². The maximum absolute atomic E-state index is 18.3. The second-order valence-electron chi connectivity index (χ2n) is 12.4. The van der Waals surface area contributed by atoms with Crippen LogP contribution in [0.2, 0.25) is 0 Å². The topological polar surface area (TPSA) is 145 Å². The normalized spacial score (nSPS) is 40.0. The second kappa shape index (κ2) is 10.9. The maximum atomic E-state index is 18.3. The Hall–Kier alpha value is -1.28. The highest BCUT2D eigenvalue weighted by molar-refractivity contribution is 8.15. The SMILES string of the molecule is C[C@@]12C[C@H]3[C@@H]4CCC5=CC(=O)C=C[C@]5(C)[C@@]4(F)[C@@H](OC(=O)NC(=O)C(Cl)(Cl)Cl)C[C@]3(C)[C@]1(SC(=O)NC(=O)C(Cl)(Cl)Cl)C(=O)O2. The molecule has 0 aromatic heterocycles. The van der Waals surface area contributed by atoms with E-state index in [0.717, 1.165) is 0 Å². The van der Waals surface area contributed by atoms with E-state index in [0.29, 0.717) is 23.8 Å². The monoisotopic (exact) mass is 766 g/mol. The van der Waals surface area contributed by atoms with Crippen LogP contribution in [0.25, 0.3) is 0 Å². The maximum Gasteiger partial charge on any atom is 0.414 e. The van der Waals surface area contributed by atoms with Gasteiger partial charge in [-0.1, -0.05) is 88.2 Å². The molecule has 0 aromatic rings. The van der Waals surface area contributed by atoms with E-state index in [1.54, 1.807) is 26.1 Å². The van der Waals surface area contributed by atoms with Crippen molar-refractivity contribution in [3.8, 4) is 0 Å². The highest BCUT2D eigenvalue weighted by Crippen LogP contribution is 2.77. The number of alkyl halides is 7. The molecule has 0 spiro atoms. The van der Waals surface area contributed by atoms with Gasteiger partial charge in [-0.2, -0.15) is 0 Å². The molecule has 0 unspecified atom stereocenters. The molecule has 5 aliphatic rings. The van der Waals surface area contributed by atoms with Gasteiger partial charge in [0.15, 0.2) is 16.2 Å². The van der Waals surface area contributed by atoms with Crippen molar-refractivity contribution < 1.29 is 42.6 Å². The van der Waals surface area contributed by atoms with Crippen LogP contribution in [0.15, 0.2) is 23.8 Å². The van der Waals surface area contributed by atoms with Gasteiger partial charge in [-0.15, -0.1) is 0 Å². The Kier molecular flexibility index (Phi) is 8.46. The first-order chi connectivity index (χ1) is 20.5. The molecule has 0 aromatic carbocycles. The highest BCUT2D eigenvalue weighted by atomic mass is 35.6. The van der Waals surface area contributed by atoms with E-state index in [2.05, 4.69) is 0 Å². The molecule has 8 atom stereocenters. The Bertz CT molecular complexity index is 1500. The lowest BCUT2D eigenvalue weighted by atomic mass is 9.45. The third-order valence-electron chi connectivity index (χ3n) is 10.2. The van der Waals surface area contributed by atoms with Crippen LogP contribution in [-0.4, -0.2) is 64.6 Å². The predicted molar refractivity (Wildman–Crippen MR) is 165 cm³/mol. The van der Waals surface area contributed by atoms with Crippen molar-refractivity contribution in [1.29, 1.82) is 0 Å². The summed E-state index contributed by atoms with van der Waals surface area (Å²) in [5.74, 6) is -5.29. The molecule has 0 radical (unpaired) electrons. The molecule has 45 heavy (non-hydrogen) atoms. The van der Waals surface area contributed by atoms with Gasteiger partial charge in [0.2, 0.25) is 0 Å². The van der Waals surface area contributed by atoms with Crippen molar-refractivity contribution in [2.75, 3.05) is 0 Å². The second-order valence-corrected chi connectivity index (χ2v) is 18.2. The van der Waals surface area contributed by atoms with Crippen LogP contribution in [-0.2, 0) is 28.7 Å². The van der Waals surface area contributed by atoms with E-state index >= 15 is 4.39 Å².